The van der Waals surface area contributed by atoms with Crippen LogP contribution in [-0.4, -0.2) is 47.9 Å². The number of nitrogens with zero attached hydrogens (tertiary/aromatic N) is 1. The van der Waals surface area contributed by atoms with E-state index in [2.05, 4.69) is 10.6 Å². The van der Waals surface area contributed by atoms with Gasteiger partial charge in [-0.2, -0.15) is 0 Å². The smallest absolute Gasteiger partial charge is 0.243 e. The summed E-state index contributed by atoms with van der Waals surface area (Å²) in [7, 11) is 0. The van der Waals surface area contributed by atoms with Gasteiger partial charge in [-0.25, -0.2) is 0 Å². The Balaban J connectivity index is 2.15. The fourth-order valence-corrected chi connectivity index (χ4v) is 2.78. The second-order valence-electron chi connectivity index (χ2n) is 4.93. The summed E-state index contributed by atoms with van der Waals surface area (Å²) in [5, 5.41) is 6.11. The van der Waals surface area contributed by atoms with Crippen molar-refractivity contribution in [1.29, 1.82) is 0 Å². The van der Waals surface area contributed by atoms with Gasteiger partial charge >= 0.3 is 0 Å². The minimum Gasteiger partial charge on any atom is -0.353 e. The number of nitrogens with one attached hydrogen (secondary N) is 2. The number of rotatable bonds is 2. The molecule has 0 spiro atoms. The van der Waals surface area contributed by atoms with E-state index in [-0.39, 0.29) is 17.9 Å². The van der Waals surface area contributed by atoms with Crippen LogP contribution in [0.5, 0.6) is 0 Å². The summed E-state index contributed by atoms with van der Waals surface area (Å²) < 4.78 is 0. The summed E-state index contributed by atoms with van der Waals surface area (Å²) in [6, 6.07) is -0.345. The van der Waals surface area contributed by atoms with Crippen LogP contribution < -0.4 is 10.6 Å². The molecule has 0 radical (unpaired) electrons. The fraction of sp³-hybridized carbons (Fsp3) is 0.833. The molecule has 2 aliphatic heterocycles. The molecule has 2 unspecified atom stereocenters. The Hall–Kier alpha value is -1.10. The first-order chi connectivity index (χ1) is 8.10. The zero-order valence-electron chi connectivity index (χ0n) is 10.6. The predicted molar refractivity (Wildman–Crippen MR) is 64.4 cm³/mol. The molecule has 17 heavy (non-hydrogen) atoms. The Labute approximate surface area is 102 Å². The van der Waals surface area contributed by atoms with Gasteiger partial charge in [0.2, 0.25) is 11.8 Å². The number of hydrogen-bond donors (Lipinski definition) is 2. The summed E-state index contributed by atoms with van der Waals surface area (Å²) in [5.41, 5.74) is -0.425. The lowest BCUT2D eigenvalue weighted by Crippen LogP contribution is -2.63. The molecule has 0 aliphatic carbocycles. The van der Waals surface area contributed by atoms with Gasteiger partial charge in [0.15, 0.2) is 0 Å². The van der Waals surface area contributed by atoms with E-state index in [4.69, 9.17) is 0 Å². The SMILES string of the molecule is CCC1(C(=O)N2CCNC(=O)C2C)CCCN1. The van der Waals surface area contributed by atoms with Crippen LogP contribution in [0.1, 0.15) is 33.1 Å². The third-order valence-corrected chi connectivity index (χ3v) is 4.02. The molecule has 2 rings (SSSR count). The van der Waals surface area contributed by atoms with E-state index in [1.807, 2.05) is 6.92 Å². The van der Waals surface area contributed by atoms with Gasteiger partial charge in [-0.1, -0.05) is 6.92 Å². The van der Waals surface area contributed by atoms with Crippen LogP contribution in [0.15, 0.2) is 0 Å². The average Bonchev–Trinajstić information content (AvgIpc) is 2.82. The number of amides is 2. The molecule has 2 saturated heterocycles. The van der Waals surface area contributed by atoms with Crippen LogP contribution in [0.4, 0.5) is 0 Å². The van der Waals surface area contributed by atoms with Gasteiger partial charge in [-0.05, 0) is 32.7 Å². The lowest BCUT2D eigenvalue weighted by atomic mass is 9.91. The van der Waals surface area contributed by atoms with E-state index in [0.717, 1.165) is 25.8 Å². The van der Waals surface area contributed by atoms with Crippen LogP contribution in [0.3, 0.4) is 0 Å². The highest BCUT2D eigenvalue weighted by molar-refractivity contribution is 5.93. The first kappa shape index (κ1) is 12.4. The lowest BCUT2D eigenvalue weighted by Gasteiger charge is -2.39. The van der Waals surface area contributed by atoms with Crippen LogP contribution in [0, 0.1) is 0 Å². The van der Waals surface area contributed by atoms with E-state index in [1.165, 1.54) is 0 Å². The lowest BCUT2D eigenvalue weighted by molar-refractivity contribution is -0.147. The number of carbonyl (C=O) groups excluding carboxylic acids is 2. The molecular weight excluding hydrogens is 218 g/mol. The van der Waals surface area contributed by atoms with Gasteiger partial charge < -0.3 is 15.5 Å². The van der Waals surface area contributed by atoms with Crippen molar-refractivity contribution in [2.24, 2.45) is 0 Å². The zero-order chi connectivity index (χ0) is 12.5. The highest BCUT2D eigenvalue weighted by Crippen LogP contribution is 2.26. The quantitative estimate of drug-likeness (QED) is 0.705. The first-order valence-corrected chi connectivity index (χ1v) is 6.44. The van der Waals surface area contributed by atoms with Gasteiger partial charge in [0.05, 0.1) is 5.54 Å². The highest BCUT2D eigenvalue weighted by Gasteiger charge is 2.44. The predicted octanol–water partition coefficient (Wildman–Crippen LogP) is -0.134. The molecule has 96 valence electrons. The molecule has 2 N–H and O–H groups in total. The highest BCUT2D eigenvalue weighted by atomic mass is 16.2. The monoisotopic (exact) mass is 239 g/mol. The van der Waals surface area contributed by atoms with Gasteiger partial charge in [0, 0.05) is 13.1 Å². The van der Waals surface area contributed by atoms with E-state index in [0.29, 0.717) is 13.1 Å². The van der Waals surface area contributed by atoms with Crippen LogP contribution in [-0.2, 0) is 9.59 Å². The average molecular weight is 239 g/mol. The second kappa shape index (κ2) is 4.64. The third-order valence-electron chi connectivity index (χ3n) is 4.02. The largest absolute Gasteiger partial charge is 0.353 e. The van der Waals surface area contributed by atoms with Gasteiger partial charge in [0.1, 0.15) is 6.04 Å². The van der Waals surface area contributed by atoms with Crippen LogP contribution in [0.25, 0.3) is 0 Å². The summed E-state index contributed by atoms with van der Waals surface area (Å²) in [6.07, 6.45) is 2.71. The number of hydrogen-bond acceptors (Lipinski definition) is 3. The second-order valence-corrected chi connectivity index (χ2v) is 4.93. The van der Waals surface area contributed by atoms with Gasteiger partial charge in [-0.3, -0.25) is 9.59 Å². The Morgan fingerprint density at radius 2 is 2.29 bits per heavy atom. The molecular formula is C12H21N3O2. The number of carbonyl (C=O) groups is 2. The topological polar surface area (TPSA) is 61.4 Å². The minimum atomic E-state index is -0.425. The zero-order valence-corrected chi connectivity index (χ0v) is 10.6. The normalized spacial score (nSPS) is 33.6. The van der Waals surface area contributed by atoms with Crippen LogP contribution in [0.2, 0.25) is 0 Å². The molecule has 0 aromatic carbocycles. The molecule has 0 aromatic rings. The standard InChI is InChI=1S/C12H21N3O2/c1-3-12(5-4-6-14-12)11(17)15-8-7-13-10(16)9(15)2/h9,14H,3-8H2,1-2H3,(H,13,16). The summed E-state index contributed by atoms with van der Waals surface area (Å²) in [6.45, 7) is 5.91. The Bertz CT molecular complexity index is 324. The molecule has 2 atom stereocenters. The molecule has 0 saturated carbocycles. The van der Waals surface area contributed by atoms with Crippen molar-refractivity contribution >= 4 is 11.8 Å². The van der Waals surface area contributed by atoms with Crippen molar-refractivity contribution in [3.63, 3.8) is 0 Å². The molecule has 2 aliphatic rings. The maximum Gasteiger partial charge on any atom is 0.243 e. The van der Waals surface area contributed by atoms with Crippen molar-refractivity contribution in [2.75, 3.05) is 19.6 Å². The van der Waals surface area contributed by atoms with Gasteiger partial charge in [0.25, 0.3) is 0 Å². The molecule has 2 fully saturated rings. The molecule has 2 heterocycles. The molecule has 5 heteroatoms. The van der Waals surface area contributed by atoms with E-state index in [1.54, 1.807) is 11.8 Å². The van der Waals surface area contributed by atoms with Crippen molar-refractivity contribution in [3.05, 3.63) is 0 Å². The van der Waals surface area contributed by atoms with E-state index in [9.17, 15) is 9.59 Å². The van der Waals surface area contributed by atoms with Crippen LogP contribution >= 0.6 is 0 Å². The van der Waals surface area contributed by atoms with Crippen molar-refractivity contribution in [1.82, 2.24) is 15.5 Å². The molecule has 0 aromatic heterocycles. The van der Waals surface area contributed by atoms with E-state index < -0.39 is 5.54 Å². The number of piperazine rings is 1. The summed E-state index contributed by atoms with van der Waals surface area (Å²) in [5.74, 6) is 0.0497. The van der Waals surface area contributed by atoms with Crippen molar-refractivity contribution < 1.29 is 9.59 Å². The fourth-order valence-electron chi connectivity index (χ4n) is 2.78. The molecule has 0 bridgehead atoms. The van der Waals surface area contributed by atoms with Crippen molar-refractivity contribution in [2.45, 2.75) is 44.7 Å². The molecule has 5 nitrogen and oxygen atoms in total. The minimum absolute atomic E-state index is 0.0474. The maximum absolute atomic E-state index is 12.6. The molecule has 2 amide bonds. The first-order valence-electron chi connectivity index (χ1n) is 6.44. The summed E-state index contributed by atoms with van der Waals surface area (Å²) >= 11 is 0. The Morgan fingerprint density at radius 1 is 1.53 bits per heavy atom. The maximum atomic E-state index is 12.6. The third kappa shape index (κ3) is 2.04. The van der Waals surface area contributed by atoms with E-state index >= 15 is 0 Å². The Kier molecular flexibility index (Phi) is 3.38. The Morgan fingerprint density at radius 3 is 2.88 bits per heavy atom. The van der Waals surface area contributed by atoms with Crippen molar-refractivity contribution in [3.8, 4) is 0 Å². The summed E-state index contributed by atoms with van der Waals surface area (Å²) in [4.78, 5) is 25.9. The van der Waals surface area contributed by atoms with Gasteiger partial charge in [-0.15, -0.1) is 0 Å².